The molecule has 1 aliphatic heterocycles. The summed E-state index contributed by atoms with van der Waals surface area (Å²) in [4.78, 5) is 23.6. The van der Waals surface area contributed by atoms with E-state index >= 15 is 0 Å². The normalized spacial score (nSPS) is 20.4. The number of anilines is 2. The number of aliphatic imine (C=N–C) groups is 1. The average molecular weight is 563 g/mol. The summed E-state index contributed by atoms with van der Waals surface area (Å²) in [6.45, 7) is 1.92. The number of pyridine rings is 1. The number of alkyl halides is 6. The van der Waals surface area contributed by atoms with Crippen molar-refractivity contribution in [2.45, 2.75) is 56.9 Å². The van der Waals surface area contributed by atoms with Crippen molar-refractivity contribution in [3.63, 3.8) is 0 Å². The Morgan fingerprint density at radius 3 is 2.23 bits per heavy atom. The van der Waals surface area contributed by atoms with E-state index in [-0.39, 0.29) is 18.0 Å². The summed E-state index contributed by atoms with van der Waals surface area (Å²) in [7, 11) is 0. The molecule has 0 radical (unpaired) electrons. The Balaban J connectivity index is 1.39. The highest BCUT2D eigenvalue weighted by Crippen LogP contribution is 2.37. The van der Waals surface area contributed by atoms with E-state index in [9.17, 15) is 31.1 Å². The Hall–Kier alpha value is -3.63. The minimum absolute atomic E-state index is 0.00541. The lowest BCUT2D eigenvalue weighted by Crippen LogP contribution is -2.33. The van der Waals surface area contributed by atoms with Crippen molar-refractivity contribution in [3.8, 4) is 0 Å². The molecule has 2 aliphatic rings. The van der Waals surface area contributed by atoms with Crippen LogP contribution in [0.5, 0.6) is 0 Å². The van der Waals surface area contributed by atoms with E-state index in [0.717, 1.165) is 61.8 Å². The van der Waals surface area contributed by atoms with Crippen LogP contribution in [0.15, 0.2) is 53.5 Å². The maximum Gasteiger partial charge on any atom is 0.416 e. The third-order valence-corrected chi connectivity index (χ3v) is 7.51. The summed E-state index contributed by atoms with van der Waals surface area (Å²) in [5.74, 6) is -0.736. The van der Waals surface area contributed by atoms with Gasteiger partial charge in [0.15, 0.2) is 0 Å². The highest BCUT2D eigenvalue weighted by Gasteiger charge is 2.37. The van der Waals surface area contributed by atoms with Gasteiger partial charge < -0.3 is 10.2 Å². The first-order valence-corrected chi connectivity index (χ1v) is 13.3. The summed E-state index contributed by atoms with van der Waals surface area (Å²) in [5, 5.41) is 4.53. The fourth-order valence-electron chi connectivity index (χ4n) is 5.47. The zero-order chi connectivity index (χ0) is 28.5. The van der Waals surface area contributed by atoms with Gasteiger partial charge in [-0.3, -0.25) is 4.79 Å². The van der Waals surface area contributed by atoms with Crippen molar-refractivity contribution in [1.29, 1.82) is 0 Å². The van der Waals surface area contributed by atoms with Crippen LogP contribution >= 0.6 is 0 Å². The quantitative estimate of drug-likeness (QED) is 0.255. The summed E-state index contributed by atoms with van der Waals surface area (Å²) >= 11 is 0. The van der Waals surface area contributed by atoms with E-state index in [1.807, 2.05) is 30.3 Å². The molecule has 1 N–H and O–H groups in total. The molecule has 2 heterocycles. The van der Waals surface area contributed by atoms with Crippen LogP contribution in [0.3, 0.4) is 0 Å². The van der Waals surface area contributed by atoms with Crippen LogP contribution in [0.1, 0.15) is 60.0 Å². The topological polar surface area (TPSA) is 57.6 Å². The molecule has 0 spiro atoms. The third-order valence-electron chi connectivity index (χ3n) is 7.51. The Morgan fingerprint density at radius 2 is 1.55 bits per heavy atom. The lowest BCUT2D eigenvalue weighted by molar-refractivity contribution is -0.143. The molecule has 2 aromatic carbocycles. The van der Waals surface area contributed by atoms with Crippen LogP contribution in [-0.2, 0) is 12.4 Å². The van der Waals surface area contributed by atoms with E-state index in [1.54, 1.807) is 0 Å². The number of hydrogen-bond donors (Lipinski definition) is 1. The molecule has 1 saturated heterocycles. The number of halogens is 6. The van der Waals surface area contributed by atoms with Gasteiger partial charge in [0.25, 0.3) is 5.91 Å². The first-order chi connectivity index (χ1) is 19.0. The first-order valence-electron chi connectivity index (χ1n) is 13.3. The molecule has 5 nitrogen and oxygen atoms in total. The van der Waals surface area contributed by atoms with Crippen molar-refractivity contribution in [3.05, 3.63) is 65.2 Å². The molecule has 1 saturated carbocycles. The van der Waals surface area contributed by atoms with Crippen LogP contribution in [0.4, 0.5) is 37.8 Å². The van der Waals surface area contributed by atoms with Crippen LogP contribution in [0.25, 0.3) is 10.9 Å². The van der Waals surface area contributed by atoms with Gasteiger partial charge in [-0.15, -0.1) is 0 Å². The fraction of sp³-hybridized carbons (Fsp3) is 0.414. The predicted molar refractivity (Wildman–Crippen MR) is 142 cm³/mol. The number of rotatable bonds is 5. The molecular formula is C29H28F6N4O. The average Bonchev–Trinajstić information content (AvgIpc) is 3.46. The van der Waals surface area contributed by atoms with E-state index in [4.69, 9.17) is 4.98 Å². The second kappa shape index (κ2) is 11.1. The Labute approximate surface area is 227 Å². The lowest BCUT2D eigenvalue weighted by Gasteiger charge is -2.30. The number of fused-ring (bicyclic) bond motifs is 1. The molecule has 2 fully saturated rings. The number of carbonyl (C=O) groups is 1. The molecule has 2 atom stereocenters. The SMILES string of the molecule is O=C(N=CC1CCCC[C@@H]1Nc1cc(N2CCCC2)c2ccccc2n1)c1cc(C(F)(F)F)cc(C(F)(F)F)c1. The van der Waals surface area contributed by atoms with Crippen molar-refractivity contribution in [2.75, 3.05) is 23.3 Å². The number of nitrogens with zero attached hydrogens (tertiary/aromatic N) is 3. The van der Waals surface area contributed by atoms with Crippen LogP contribution in [0.2, 0.25) is 0 Å². The number of aromatic nitrogens is 1. The molecule has 1 aliphatic carbocycles. The monoisotopic (exact) mass is 562 g/mol. The highest BCUT2D eigenvalue weighted by atomic mass is 19.4. The standard InChI is InChI=1S/C29H28F6N4O/c30-28(31,32)20-13-19(14-21(15-20)29(33,34)35)27(40)36-17-18-7-1-3-9-23(18)37-26-16-25(39-11-5-6-12-39)22-8-2-4-10-24(22)38-26/h2,4,8,10,13-18,23H,1,3,5-7,9,11-12H2,(H,37,38)/t18?,23-/m0/s1. The van der Waals surface area contributed by atoms with Crippen LogP contribution in [0, 0.1) is 5.92 Å². The molecule has 1 amide bonds. The lowest BCUT2D eigenvalue weighted by atomic mass is 9.85. The van der Waals surface area contributed by atoms with Crippen LogP contribution < -0.4 is 10.2 Å². The second-order valence-electron chi connectivity index (χ2n) is 10.3. The van der Waals surface area contributed by atoms with E-state index in [2.05, 4.69) is 15.2 Å². The molecular weight excluding hydrogens is 534 g/mol. The van der Waals surface area contributed by atoms with Crippen molar-refractivity contribution in [2.24, 2.45) is 10.9 Å². The van der Waals surface area contributed by atoms with Crippen molar-refractivity contribution >= 4 is 34.5 Å². The Kier molecular flexibility index (Phi) is 7.74. The zero-order valence-electron chi connectivity index (χ0n) is 21.5. The Morgan fingerprint density at radius 1 is 0.900 bits per heavy atom. The minimum Gasteiger partial charge on any atom is -0.371 e. The van der Waals surface area contributed by atoms with Gasteiger partial charge in [0, 0.05) is 54.0 Å². The third kappa shape index (κ3) is 6.23. The minimum atomic E-state index is -5.04. The van der Waals surface area contributed by atoms with Gasteiger partial charge in [-0.05, 0) is 49.9 Å². The van der Waals surface area contributed by atoms with Crippen molar-refractivity contribution in [1.82, 2.24) is 4.98 Å². The molecule has 11 heteroatoms. The summed E-state index contributed by atoms with van der Waals surface area (Å²) in [6, 6.07) is 10.6. The molecule has 3 aromatic rings. The molecule has 40 heavy (non-hydrogen) atoms. The maximum absolute atomic E-state index is 13.2. The maximum atomic E-state index is 13.2. The number of benzene rings is 2. The largest absolute Gasteiger partial charge is 0.416 e. The molecule has 1 unspecified atom stereocenters. The van der Waals surface area contributed by atoms with Gasteiger partial charge in [0.05, 0.1) is 16.6 Å². The van der Waals surface area contributed by atoms with Gasteiger partial charge in [-0.25, -0.2) is 9.98 Å². The van der Waals surface area contributed by atoms with Gasteiger partial charge in [0.2, 0.25) is 0 Å². The zero-order valence-corrected chi connectivity index (χ0v) is 21.5. The van der Waals surface area contributed by atoms with E-state index < -0.39 is 35.0 Å². The van der Waals surface area contributed by atoms with Gasteiger partial charge in [0.1, 0.15) is 5.82 Å². The van der Waals surface area contributed by atoms with E-state index in [1.165, 1.54) is 6.21 Å². The Bertz CT molecular complexity index is 1380. The number of amides is 1. The number of hydrogen-bond acceptors (Lipinski definition) is 4. The fourth-order valence-corrected chi connectivity index (χ4v) is 5.47. The number of carbonyl (C=O) groups excluding carboxylic acids is 1. The summed E-state index contributed by atoms with van der Waals surface area (Å²) < 4.78 is 79.3. The van der Waals surface area contributed by atoms with Gasteiger partial charge in [-0.2, -0.15) is 26.3 Å². The first kappa shape index (κ1) is 27.9. The predicted octanol–water partition coefficient (Wildman–Crippen LogP) is 7.75. The smallest absolute Gasteiger partial charge is 0.371 e. The summed E-state index contributed by atoms with van der Waals surface area (Å²) in [5.41, 5.74) is -1.92. The second-order valence-corrected chi connectivity index (χ2v) is 10.3. The molecule has 1 aromatic heterocycles. The van der Waals surface area contributed by atoms with Crippen LogP contribution in [-0.4, -0.2) is 36.2 Å². The molecule has 212 valence electrons. The van der Waals surface area contributed by atoms with E-state index in [0.29, 0.717) is 24.4 Å². The molecule has 5 rings (SSSR count). The molecule has 0 bridgehead atoms. The van der Waals surface area contributed by atoms with Gasteiger partial charge in [-0.1, -0.05) is 31.0 Å². The summed E-state index contributed by atoms with van der Waals surface area (Å²) in [6.07, 6.45) is -3.30. The van der Waals surface area contributed by atoms with Gasteiger partial charge >= 0.3 is 12.4 Å². The number of para-hydroxylation sites is 1. The highest BCUT2D eigenvalue weighted by molar-refractivity contribution is 5.99. The number of nitrogens with one attached hydrogen (secondary N) is 1. The van der Waals surface area contributed by atoms with Crippen molar-refractivity contribution < 1.29 is 31.1 Å².